The molecular formula is C20H42IN5O. The van der Waals surface area contributed by atoms with Crippen LogP contribution in [0.2, 0.25) is 0 Å². The Bertz CT molecular complexity index is 452. The molecule has 160 valence electrons. The van der Waals surface area contributed by atoms with Gasteiger partial charge in [-0.2, -0.15) is 0 Å². The third kappa shape index (κ3) is 8.98. The van der Waals surface area contributed by atoms with E-state index in [-0.39, 0.29) is 41.8 Å². The first-order valence-corrected chi connectivity index (χ1v) is 10.3. The van der Waals surface area contributed by atoms with Crippen molar-refractivity contribution >= 4 is 35.8 Å². The van der Waals surface area contributed by atoms with Gasteiger partial charge in [0.2, 0.25) is 5.91 Å². The lowest BCUT2D eigenvalue weighted by molar-refractivity contribution is -0.133. The Kier molecular flexibility index (Phi) is 13.3. The molecule has 0 saturated carbocycles. The molecule has 0 aromatic rings. The minimum Gasteiger partial charge on any atom is -0.355 e. The number of nitrogens with zero attached hydrogens (tertiary/aromatic N) is 3. The molecule has 27 heavy (non-hydrogen) atoms. The van der Waals surface area contributed by atoms with E-state index in [2.05, 4.69) is 48.2 Å². The molecule has 1 saturated heterocycles. The zero-order chi connectivity index (χ0) is 19.7. The number of carbonyl (C=O) groups excluding carboxylic acids is 1. The highest BCUT2D eigenvalue weighted by Gasteiger charge is 2.28. The summed E-state index contributed by atoms with van der Waals surface area (Å²) in [5.41, 5.74) is 0. The fourth-order valence-electron chi connectivity index (χ4n) is 3.69. The van der Waals surface area contributed by atoms with Crippen LogP contribution in [-0.2, 0) is 4.79 Å². The van der Waals surface area contributed by atoms with Crippen molar-refractivity contribution in [3.8, 4) is 0 Å². The number of rotatable bonds is 9. The summed E-state index contributed by atoms with van der Waals surface area (Å²) in [6, 6.07) is 0.784. The van der Waals surface area contributed by atoms with Crippen molar-refractivity contribution in [2.75, 3.05) is 39.8 Å². The first kappa shape index (κ1) is 26.4. The van der Waals surface area contributed by atoms with Gasteiger partial charge < -0.3 is 15.5 Å². The van der Waals surface area contributed by atoms with Gasteiger partial charge in [-0.15, -0.1) is 24.0 Å². The van der Waals surface area contributed by atoms with E-state index >= 15 is 0 Å². The molecule has 2 N–H and O–H groups in total. The Morgan fingerprint density at radius 1 is 1.22 bits per heavy atom. The summed E-state index contributed by atoms with van der Waals surface area (Å²) in [7, 11) is 1.82. The summed E-state index contributed by atoms with van der Waals surface area (Å²) in [5.74, 6) is 1.82. The lowest BCUT2D eigenvalue weighted by Crippen LogP contribution is -2.50. The molecule has 1 fully saturated rings. The second kappa shape index (κ2) is 13.6. The average molecular weight is 495 g/mol. The van der Waals surface area contributed by atoms with E-state index in [4.69, 9.17) is 0 Å². The van der Waals surface area contributed by atoms with E-state index in [1.54, 1.807) is 0 Å². The molecular weight excluding hydrogens is 453 g/mol. The van der Waals surface area contributed by atoms with Gasteiger partial charge in [-0.25, -0.2) is 0 Å². The highest BCUT2D eigenvalue weighted by molar-refractivity contribution is 14.0. The van der Waals surface area contributed by atoms with Crippen molar-refractivity contribution in [1.82, 2.24) is 20.4 Å². The van der Waals surface area contributed by atoms with Crippen LogP contribution < -0.4 is 10.6 Å². The van der Waals surface area contributed by atoms with Crippen LogP contribution in [0.25, 0.3) is 0 Å². The zero-order valence-corrected chi connectivity index (χ0v) is 20.7. The third-order valence-corrected chi connectivity index (χ3v) is 5.14. The average Bonchev–Trinajstić information content (AvgIpc) is 3.06. The topological polar surface area (TPSA) is 60.0 Å². The monoisotopic (exact) mass is 495 g/mol. The lowest BCUT2D eigenvalue weighted by Gasteiger charge is -2.32. The summed E-state index contributed by atoms with van der Waals surface area (Å²) in [6.45, 7) is 17.6. The smallest absolute Gasteiger partial charge is 0.225 e. The summed E-state index contributed by atoms with van der Waals surface area (Å²) in [6.07, 6.45) is 2.15. The largest absolute Gasteiger partial charge is 0.355 e. The van der Waals surface area contributed by atoms with Gasteiger partial charge in [-0.05, 0) is 31.8 Å². The van der Waals surface area contributed by atoms with Crippen LogP contribution in [0.15, 0.2) is 4.99 Å². The predicted molar refractivity (Wildman–Crippen MR) is 126 cm³/mol. The number of hydrogen-bond donors (Lipinski definition) is 2. The molecule has 7 heteroatoms. The Morgan fingerprint density at radius 2 is 1.85 bits per heavy atom. The van der Waals surface area contributed by atoms with E-state index in [1.807, 2.05) is 25.8 Å². The standard InChI is InChI=1S/C20H41N5O.HI/c1-8-24(9-2)18(12-15(3)4)13-22-20(21-7)23-17-10-11-25(14-17)19(26)16(5)6;/h15-18H,8-14H2,1-7H3,(H2,21,22,23);1H. The molecule has 0 aromatic carbocycles. The number of halogens is 1. The van der Waals surface area contributed by atoms with Crippen LogP contribution in [0.5, 0.6) is 0 Å². The van der Waals surface area contributed by atoms with Gasteiger partial charge in [0.05, 0.1) is 0 Å². The molecule has 1 aliphatic rings. The minimum absolute atomic E-state index is 0. The number of likely N-dealkylation sites (tertiary alicyclic amines) is 1. The predicted octanol–water partition coefficient (Wildman–Crippen LogP) is 2.78. The van der Waals surface area contributed by atoms with Crippen LogP contribution in [0.1, 0.15) is 54.4 Å². The molecule has 1 aliphatic heterocycles. The highest BCUT2D eigenvalue weighted by Crippen LogP contribution is 2.13. The number of likely N-dealkylation sites (N-methyl/N-ethyl adjacent to an activating group) is 1. The van der Waals surface area contributed by atoms with Crippen molar-refractivity contribution in [3.63, 3.8) is 0 Å². The number of amides is 1. The molecule has 1 heterocycles. The summed E-state index contributed by atoms with van der Waals surface area (Å²) >= 11 is 0. The zero-order valence-electron chi connectivity index (χ0n) is 18.4. The lowest BCUT2D eigenvalue weighted by atomic mass is 10.0. The molecule has 2 atom stereocenters. The number of carbonyl (C=O) groups is 1. The van der Waals surface area contributed by atoms with Gasteiger partial charge in [-0.1, -0.05) is 41.5 Å². The number of aliphatic imine (C=N–C) groups is 1. The van der Waals surface area contributed by atoms with Gasteiger partial charge in [0.25, 0.3) is 0 Å². The van der Waals surface area contributed by atoms with Crippen LogP contribution in [-0.4, -0.2) is 73.5 Å². The fourth-order valence-corrected chi connectivity index (χ4v) is 3.69. The SMILES string of the molecule is CCN(CC)C(CNC(=NC)NC1CCN(C(=O)C(C)C)C1)CC(C)C.I. The molecule has 1 amide bonds. The van der Waals surface area contributed by atoms with Crippen molar-refractivity contribution in [3.05, 3.63) is 0 Å². The van der Waals surface area contributed by atoms with Gasteiger partial charge >= 0.3 is 0 Å². The molecule has 0 aliphatic carbocycles. The number of guanidine groups is 1. The quantitative estimate of drug-likeness (QED) is 0.294. The van der Waals surface area contributed by atoms with Crippen molar-refractivity contribution in [1.29, 1.82) is 0 Å². The van der Waals surface area contributed by atoms with Gasteiger partial charge in [0, 0.05) is 44.7 Å². The maximum atomic E-state index is 12.2. The van der Waals surface area contributed by atoms with Crippen molar-refractivity contribution in [2.24, 2.45) is 16.8 Å². The minimum atomic E-state index is 0. The van der Waals surface area contributed by atoms with E-state index in [9.17, 15) is 4.79 Å². The van der Waals surface area contributed by atoms with Crippen molar-refractivity contribution < 1.29 is 4.79 Å². The Balaban J connectivity index is 0.00000676. The van der Waals surface area contributed by atoms with Gasteiger partial charge in [0.1, 0.15) is 0 Å². The molecule has 6 nitrogen and oxygen atoms in total. The first-order chi connectivity index (χ1) is 12.3. The second-order valence-corrected chi connectivity index (χ2v) is 8.03. The van der Waals surface area contributed by atoms with E-state index < -0.39 is 0 Å². The molecule has 0 spiro atoms. The Hall–Kier alpha value is -0.570. The molecule has 1 rings (SSSR count). The van der Waals surface area contributed by atoms with Crippen LogP contribution in [0, 0.1) is 11.8 Å². The van der Waals surface area contributed by atoms with Crippen molar-refractivity contribution in [2.45, 2.75) is 66.5 Å². The van der Waals surface area contributed by atoms with Gasteiger partial charge in [-0.3, -0.25) is 14.7 Å². The van der Waals surface area contributed by atoms with Crippen LogP contribution in [0.3, 0.4) is 0 Å². The highest BCUT2D eigenvalue weighted by atomic mass is 127. The summed E-state index contributed by atoms with van der Waals surface area (Å²) in [4.78, 5) is 21.0. The Labute approximate surface area is 183 Å². The normalized spacial score (nSPS) is 18.8. The molecule has 0 radical (unpaired) electrons. The van der Waals surface area contributed by atoms with E-state index in [0.29, 0.717) is 12.0 Å². The van der Waals surface area contributed by atoms with Crippen LogP contribution >= 0.6 is 24.0 Å². The second-order valence-electron chi connectivity index (χ2n) is 8.03. The van der Waals surface area contributed by atoms with Crippen LogP contribution in [0.4, 0.5) is 0 Å². The Morgan fingerprint density at radius 3 is 2.33 bits per heavy atom. The van der Waals surface area contributed by atoms with E-state index in [1.165, 1.54) is 6.42 Å². The maximum absolute atomic E-state index is 12.2. The van der Waals surface area contributed by atoms with Gasteiger partial charge in [0.15, 0.2) is 5.96 Å². The number of nitrogens with one attached hydrogen (secondary N) is 2. The maximum Gasteiger partial charge on any atom is 0.225 e. The number of hydrogen-bond acceptors (Lipinski definition) is 3. The fraction of sp³-hybridized carbons (Fsp3) is 0.900. The van der Waals surface area contributed by atoms with E-state index in [0.717, 1.165) is 45.1 Å². The molecule has 0 aromatic heterocycles. The molecule has 0 bridgehead atoms. The third-order valence-electron chi connectivity index (χ3n) is 5.14. The molecule has 2 unspecified atom stereocenters. The summed E-state index contributed by atoms with van der Waals surface area (Å²) < 4.78 is 0. The summed E-state index contributed by atoms with van der Waals surface area (Å²) in [5, 5.41) is 7.01. The first-order valence-electron chi connectivity index (χ1n) is 10.3.